The zero-order chi connectivity index (χ0) is 15.5. The number of anilines is 1. The molecule has 1 aliphatic heterocycles. The zero-order valence-electron chi connectivity index (χ0n) is 13.0. The van der Waals surface area contributed by atoms with Crippen molar-refractivity contribution in [2.24, 2.45) is 0 Å². The average molecular weight is 332 g/mol. The van der Waals surface area contributed by atoms with Gasteiger partial charge in [-0.2, -0.15) is 0 Å². The number of piperidine rings is 1. The fourth-order valence-electron chi connectivity index (χ4n) is 2.32. The Kier molecular flexibility index (Phi) is 5.27. The number of nitrogens with one attached hydrogen (secondary N) is 2. The second kappa shape index (κ2) is 6.62. The van der Waals surface area contributed by atoms with Gasteiger partial charge in [0.1, 0.15) is 0 Å². The first-order valence-corrected chi connectivity index (χ1v) is 9.99. The van der Waals surface area contributed by atoms with E-state index in [9.17, 15) is 8.42 Å². The first-order chi connectivity index (χ1) is 9.76. The number of aromatic nitrogens is 1. The molecule has 0 aliphatic carbocycles. The molecule has 2 rings (SSSR count). The lowest BCUT2D eigenvalue weighted by atomic mass is 9.93. The first kappa shape index (κ1) is 16.7. The molecule has 1 atom stereocenters. The summed E-state index contributed by atoms with van der Waals surface area (Å²) >= 11 is 1.35. The molecule has 0 spiro atoms. The van der Waals surface area contributed by atoms with E-state index in [-0.39, 0.29) is 11.2 Å². The van der Waals surface area contributed by atoms with Crippen LogP contribution in [0.3, 0.4) is 0 Å². The Hall–Kier alpha value is -0.660. The van der Waals surface area contributed by atoms with Crippen molar-refractivity contribution in [3.05, 3.63) is 11.1 Å². The van der Waals surface area contributed by atoms with Gasteiger partial charge in [0, 0.05) is 16.8 Å². The molecule has 1 aromatic heterocycles. The van der Waals surface area contributed by atoms with Gasteiger partial charge < -0.3 is 5.32 Å². The van der Waals surface area contributed by atoms with Crippen molar-refractivity contribution in [3.8, 4) is 0 Å². The van der Waals surface area contributed by atoms with Gasteiger partial charge >= 0.3 is 0 Å². The summed E-state index contributed by atoms with van der Waals surface area (Å²) in [6.45, 7) is 7.19. The predicted octanol–water partition coefficient (Wildman–Crippen LogP) is 2.71. The summed E-state index contributed by atoms with van der Waals surface area (Å²) < 4.78 is 26.9. The fraction of sp³-hybridized carbons (Fsp3) is 0.786. The molecule has 2 N–H and O–H groups in total. The highest BCUT2D eigenvalue weighted by Gasteiger charge is 2.21. The minimum absolute atomic E-state index is 0.0633. The van der Waals surface area contributed by atoms with Crippen LogP contribution in [0.2, 0.25) is 0 Å². The van der Waals surface area contributed by atoms with Crippen LogP contribution in [-0.4, -0.2) is 31.7 Å². The van der Waals surface area contributed by atoms with Crippen LogP contribution in [0.5, 0.6) is 0 Å². The Morgan fingerprint density at radius 3 is 2.76 bits per heavy atom. The van der Waals surface area contributed by atoms with Crippen LogP contribution in [0.15, 0.2) is 5.38 Å². The second-order valence-electron chi connectivity index (χ2n) is 6.64. The van der Waals surface area contributed by atoms with Crippen LogP contribution in [-0.2, 0) is 15.4 Å². The largest absolute Gasteiger partial charge is 0.314 e. The maximum atomic E-state index is 12.1. The first-order valence-electron chi connectivity index (χ1n) is 7.46. The Bertz CT molecular complexity index is 555. The lowest BCUT2D eigenvalue weighted by molar-refractivity contribution is 0.393. The van der Waals surface area contributed by atoms with E-state index in [0.29, 0.717) is 17.6 Å². The zero-order valence-corrected chi connectivity index (χ0v) is 14.6. The van der Waals surface area contributed by atoms with E-state index in [2.05, 4.69) is 35.8 Å². The standard InChI is InChI=1S/C14H25N3O2S2/c1-14(2,3)12-10-20-13(16-12)17-21(18,19)9-7-11-6-4-5-8-15-11/h10-11,15H,4-9H2,1-3H3,(H,16,17). The molecule has 1 aromatic rings. The molecule has 1 fully saturated rings. The van der Waals surface area contributed by atoms with E-state index < -0.39 is 10.0 Å². The number of hydrogen-bond donors (Lipinski definition) is 2. The highest BCUT2D eigenvalue weighted by Crippen LogP contribution is 2.27. The van der Waals surface area contributed by atoms with Crippen molar-refractivity contribution < 1.29 is 8.42 Å². The van der Waals surface area contributed by atoms with Crippen molar-refractivity contribution in [2.75, 3.05) is 17.0 Å². The highest BCUT2D eigenvalue weighted by atomic mass is 32.2. The van der Waals surface area contributed by atoms with Crippen molar-refractivity contribution in [2.45, 2.75) is 57.9 Å². The lowest BCUT2D eigenvalue weighted by Gasteiger charge is -2.23. The van der Waals surface area contributed by atoms with Crippen molar-refractivity contribution in [1.29, 1.82) is 0 Å². The molecule has 1 saturated heterocycles. The maximum absolute atomic E-state index is 12.1. The maximum Gasteiger partial charge on any atom is 0.234 e. The van der Waals surface area contributed by atoms with Gasteiger partial charge in [-0.05, 0) is 25.8 Å². The molecular weight excluding hydrogens is 306 g/mol. The van der Waals surface area contributed by atoms with Gasteiger partial charge in [0.15, 0.2) is 5.13 Å². The Morgan fingerprint density at radius 1 is 1.43 bits per heavy atom. The highest BCUT2D eigenvalue weighted by molar-refractivity contribution is 7.92. The molecule has 0 saturated carbocycles. The van der Waals surface area contributed by atoms with Gasteiger partial charge in [-0.3, -0.25) is 4.72 Å². The van der Waals surface area contributed by atoms with Crippen molar-refractivity contribution >= 4 is 26.5 Å². The summed E-state index contributed by atoms with van der Waals surface area (Å²) in [6, 6.07) is 0.330. The topological polar surface area (TPSA) is 71.1 Å². The number of nitrogens with zero attached hydrogens (tertiary/aromatic N) is 1. The van der Waals surface area contributed by atoms with Gasteiger partial charge in [0.25, 0.3) is 0 Å². The fourth-order valence-corrected chi connectivity index (χ4v) is 4.68. The van der Waals surface area contributed by atoms with E-state index in [0.717, 1.165) is 18.7 Å². The molecule has 0 radical (unpaired) electrons. The minimum atomic E-state index is -3.31. The molecule has 2 heterocycles. The molecule has 0 amide bonds. The summed E-state index contributed by atoms with van der Waals surface area (Å²) in [6.07, 6.45) is 4.11. The van der Waals surface area contributed by atoms with E-state index in [1.165, 1.54) is 24.2 Å². The van der Waals surface area contributed by atoms with Gasteiger partial charge in [-0.15, -0.1) is 11.3 Å². The molecule has 7 heteroatoms. The number of sulfonamides is 1. The van der Waals surface area contributed by atoms with Crippen LogP contribution in [0.25, 0.3) is 0 Å². The van der Waals surface area contributed by atoms with Gasteiger partial charge in [0.2, 0.25) is 10.0 Å². The van der Waals surface area contributed by atoms with Crippen LogP contribution >= 0.6 is 11.3 Å². The van der Waals surface area contributed by atoms with Gasteiger partial charge in [-0.1, -0.05) is 27.2 Å². The molecule has 21 heavy (non-hydrogen) atoms. The smallest absolute Gasteiger partial charge is 0.234 e. The van der Waals surface area contributed by atoms with Crippen molar-refractivity contribution in [3.63, 3.8) is 0 Å². The number of thiazole rings is 1. The monoisotopic (exact) mass is 331 g/mol. The molecule has 0 aromatic carbocycles. The van der Waals surface area contributed by atoms with E-state index in [1.807, 2.05) is 5.38 Å². The second-order valence-corrected chi connectivity index (χ2v) is 9.34. The van der Waals surface area contributed by atoms with E-state index in [1.54, 1.807) is 0 Å². The summed E-state index contributed by atoms with van der Waals surface area (Å²) in [5, 5.41) is 5.76. The SMILES string of the molecule is CC(C)(C)c1csc(NS(=O)(=O)CCC2CCCCN2)n1. The third kappa shape index (κ3) is 5.23. The van der Waals surface area contributed by atoms with Crippen molar-refractivity contribution in [1.82, 2.24) is 10.3 Å². The third-order valence-corrected chi connectivity index (χ3v) is 5.83. The Balaban J connectivity index is 1.89. The summed E-state index contributed by atoms with van der Waals surface area (Å²) in [5.74, 6) is 0.148. The summed E-state index contributed by atoms with van der Waals surface area (Å²) in [4.78, 5) is 4.37. The van der Waals surface area contributed by atoms with Crippen LogP contribution in [0, 0.1) is 0 Å². The molecule has 0 bridgehead atoms. The van der Waals surface area contributed by atoms with Crippen LogP contribution in [0.1, 0.15) is 52.1 Å². The molecule has 120 valence electrons. The Morgan fingerprint density at radius 2 is 2.19 bits per heavy atom. The Labute approximate surface area is 131 Å². The quantitative estimate of drug-likeness (QED) is 0.870. The molecule has 1 aliphatic rings. The molecular formula is C14H25N3O2S2. The van der Waals surface area contributed by atoms with E-state index >= 15 is 0 Å². The summed E-state index contributed by atoms with van der Waals surface area (Å²) in [5.41, 5.74) is 0.853. The predicted molar refractivity (Wildman–Crippen MR) is 88.5 cm³/mol. The van der Waals surface area contributed by atoms with Crippen LogP contribution < -0.4 is 10.0 Å². The number of rotatable bonds is 5. The third-order valence-electron chi connectivity index (χ3n) is 3.66. The average Bonchev–Trinajstić information content (AvgIpc) is 2.85. The van der Waals surface area contributed by atoms with Crippen LogP contribution in [0.4, 0.5) is 5.13 Å². The lowest BCUT2D eigenvalue weighted by Crippen LogP contribution is -2.36. The summed E-state index contributed by atoms with van der Waals surface area (Å²) in [7, 11) is -3.31. The van der Waals surface area contributed by atoms with Gasteiger partial charge in [-0.25, -0.2) is 13.4 Å². The van der Waals surface area contributed by atoms with Gasteiger partial charge in [0.05, 0.1) is 11.4 Å². The van der Waals surface area contributed by atoms with E-state index in [4.69, 9.17) is 0 Å². The molecule has 1 unspecified atom stereocenters. The molecule has 5 nitrogen and oxygen atoms in total. The normalized spacial score (nSPS) is 20.4. The minimum Gasteiger partial charge on any atom is -0.314 e. The number of hydrogen-bond acceptors (Lipinski definition) is 5.